The van der Waals surface area contributed by atoms with Gasteiger partial charge in [0.15, 0.2) is 6.23 Å². The number of hydrogen-bond acceptors (Lipinski definition) is 5. The van der Waals surface area contributed by atoms with Gasteiger partial charge in [-0.3, -0.25) is 14.5 Å². The van der Waals surface area contributed by atoms with E-state index in [0.29, 0.717) is 5.39 Å². The topological polar surface area (TPSA) is 96.3 Å². The quantitative estimate of drug-likeness (QED) is 0.416. The summed E-state index contributed by atoms with van der Waals surface area (Å²) >= 11 is 0. The van der Waals surface area contributed by atoms with E-state index in [0.717, 1.165) is 11.0 Å². The number of carbonyl (C=O) groups excluding carboxylic acids is 1. The largest absolute Gasteiger partial charge is 0.490 e. The molecule has 3 aromatic rings. The van der Waals surface area contributed by atoms with Crippen LogP contribution in [0, 0.1) is 5.82 Å². The average Bonchev–Trinajstić information content (AvgIpc) is 3.07. The molecule has 2 unspecified atom stereocenters. The van der Waals surface area contributed by atoms with Gasteiger partial charge in [0.2, 0.25) is 0 Å². The molecule has 4 rings (SSSR count). The highest BCUT2D eigenvalue weighted by Crippen LogP contribution is 2.50. The second kappa shape index (κ2) is 9.69. The van der Waals surface area contributed by atoms with Gasteiger partial charge < -0.3 is 19.7 Å². The number of alkyl halides is 2. The Kier molecular flexibility index (Phi) is 6.81. The minimum absolute atomic E-state index is 0.0799. The van der Waals surface area contributed by atoms with Gasteiger partial charge in [-0.2, -0.15) is 8.78 Å². The Morgan fingerprint density at radius 2 is 1.72 bits per heavy atom. The van der Waals surface area contributed by atoms with Gasteiger partial charge in [0.25, 0.3) is 5.91 Å². The molecule has 2 atom stereocenters. The summed E-state index contributed by atoms with van der Waals surface area (Å²) in [4.78, 5) is 25.9. The van der Waals surface area contributed by atoms with Gasteiger partial charge in [0.1, 0.15) is 17.3 Å². The predicted octanol–water partition coefficient (Wildman–Crippen LogP) is 5.60. The van der Waals surface area contributed by atoms with Gasteiger partial charge in [-0.15, -0.1) is 0 Å². The minimum Gasteiger partial charge on any atom is -0.490 e. The lowest BCUT2D eigenvalue weighted by Crippen LogP contribution is -2.28. The summed E-state index contributed by atoms with van der Waals surface area (Å²) in [5.41, 5.74) is -0.570. The molecule has 36 heavy (non-hydrogen) atoms. The summed E-state index contributed by atoms with van der Waals surface area (Å²) in [6, 6.07) is 9.78. The Bertz CT molecular complexity index is 1340. The van der Waals surface area contributed by atoms with E-state index in [1.165, 1.54) is 18.2 Å². The third-order valence-electron chi connectivity index (χ3n) is 6.00. The first-order chi connectivity index (χ1) is 17.1. The number of rotatable bonds is 8. The number of anilines is 1. The number of halogens is 3. The summed E-state index contributed by atoms with van der Waals surface area (Å²) in [5.74, 6) is -4.30. The second-order valence-corrected chi connectivity index (χ2v) is 8.59. The van der Waals surface area contributed by atoms with Crippen LogP contribution in [-0.2, 0) is 4.79 Å². The maximum Gasteiger partial charge on any atom is 0.387 e. The maximum atomic E-state index is 15.0. The minimum atomic E-state index is -3.25. The molecule has 0 radical (unpaired) electrons. The van der Waals surface area contributed by atoms with Crippen LogP contribution in [0.4, 0.5) is 18.9 Å². The van der Waals surface area contributed by atoms with Gasteiger partial charge in [0.05, 0.1) is 23.1 Å². The molecule has 0 saturated heterocycles. The number of aliphatic carboxylic acids is 1. The van der Waals surface area contributed by atoms with Gasteiger partial charge in [-0.05, 0) is 32.4 Å². The smallest absolute Gasteiger partial charge is 0.387 e. The Balaban J connectivity index is 1.92. The molecule has 0 spiro atoms. The molecule has 1 aliphatic rings. The lowest BCUT2D eigenvalue weighted by atomic mass is 9.96. The van der Waals surface area contributed by atoms with Crippen molar-refractivity contribution in [3.8, 4) is 11.5 Å². The molecular formula is C26H24F3NO6. The monoisotopic (exact) mass is 503 g/mol. The molecule has 1 aliphatic heterocycles. The molecule has 0 bridgehead atoms. The summed E-state index contributed by atoms with van der Waals surface area (Å²) in [6.45, 7) is 1.80. The number of carboxylic acid groups (broad SMARTS) is 1. The molecule has 0 saturated carbocycles. The normalized spacial score (nSPS) is 16.1. The van der Waals surface area contributed by atoms with Crippen molar-refractivity contribution in [2.45, 2.75) is 52.1 Å². The number of carboxylic acids is 1. The highest BCUT2D eigenvalue weighted by molar-refractivity contribution is 6.17. The van der Waals surface area contributed by atoms with E-state index in [2.05, 4.69) is 0 Å². The van der Waals surface area contributed by atoms with Crippen molar-refractivity contribution >= 4 is 28.3 Å². The van der Waals surface area contributed by atoms with E-state index in [1.54, 1.807) is 39.0 Å². The summed E-state index contributed by atoms with van der Waals surface area (Å²) in [5, 5.41) is 21.1. The number of benzene rings is 3. The van der Waals surface area contributed by atoms with Gasteiger partial charge in [-0.1, -0.05) is 37.3 Å². The molecule has 1 amide bonds. The van der Waals surface area contributed by atoms with Gasteiger partial charge in [-0.25, -0.2) is 4.39 Å². The number of nitrogens with zero attached hydrogens (tertiary/aromatic N) is 1. The fourth-order valence-electron chi connectivity index (χ4n) is 4.52. The van der Waals surface area contributed by atoms with Crippen molar-refractivity contribution in [3.05, 3.63) is 65.0 Å². The van der Waals surface area contributed by atoms with Gasteiger partial charge >= 0.3 is 12.6 Å². The Morgan fingerprint density at radius 3 is 2.25 bits per heavy atom. The van der Waals surface area contributed by atoms with Crippen molar-refractivity contribution in [3.63, 3.8) is 0 Å². The first-order valence-corrected chi connectivity index (χ1v) is 11.3. The molecule has 0 aliphatic carbocycles. The molecule has 7 nitrogen and oxygen atoms in total. The summed E-state index contributed by atoms with van der Waals surface area (Å²) < 4.78 is 52.5. The molecule has 2 N–H and O–H groups in total. The number of aliphatic hydroxyl groups excluding tert-OH is 1. The second-order valence-electron chi connectivity index (χ2n) is 8.59. The molecule has 3 aromatic carbocycles. The van der Waals surface area contributed by atoms with Crippen LogP contribution in [0.1, 0.15) is 60.8 Å². The number of carbonyl (C=O) groups is 2. The van der Waals surface area contributed by atoms with Crippen LogP contribution in [0.15, 0.2) is 42.5 Å². The zero-order valence-electron chi connectivity index (χ0n) is 19.7. The van der Waals surface area contributed by atoms with Crippen LogP contribution in [0.3, 0.4) is 0 Å². The van der Waals surface area contributed by atoms with Crippen LogP contribution in [0.25, 0.3) is 10.8 Å². The first kappa shape index (κ1) is 25.3. The molecule has 190 valence electrons. The zero-order valence-corrected chi connectivity index (χ0v) is 19.7. The van der Waals surface area contributed by atoms with Crippen LogP contribution in [0.5, 0.6) is 11.5 Å². The summed E-state index contributed by atoms with van der Waals surface area (Å²) in [7, 11) is 0. The fourth-order valence-corrected chi connectivity index (χ4v) is 4.52. The third kappa shape index (κ3) is 4.21. The molecule has 10 heteroatoms. The average molecular weight is 503 g/mol. The van der Waals surface area contributed by atoms with Crippen LogP contribution < -0.4 is 14.4 Å². The highest BCUT2D eigenvalue weighted by Gasteiger charge is 2.44. The van der Waals surface area contributed by atoms with E-state index in [1.807, 2.05) is 0 Å². The van der Waals surface area contributed by atoms with Crippen LogP contribution in [-0.4, -0.2) is 34.8 Å². The number of fused-ring (bicyclic) bond motifs is 2. The zero-order chi connectivity index (χ0) is 26.3. The van der Waals surface area contributed by atoms with Crippen molar-refractivity contribution in [2.24, 2.45) is 0 Å². The third-order valence-corrected chi connectivity index (χ3v) is 6.00. The van der Waals surface area contributed by atoms with E-state index < -0.39 is 42.6 Å². The maximum absolute atomic E-state index is 15.0. The number of ether oxygens (including phenoxy) is 2. The molecule has 0 fully saturated rings. The standard InChI is InChI=1S/C26H24F3NO6/c1-4-14(25(33)34)15-10-9-13(11-18(15)27)30-23(31)19-20(24(30)32)22(36-26(28)29)17-8-6-5-7-16(17)21(19)35-12(2)3/h5-12,14,24,26,32H,4H2,1-3H3,(H,33,34). The molecule has 0 aromatic heterocycles. The first-order valence-electron chi connectivity index (χ1n) is 11.3. The van der Waals surface area contributed by atoms with Crippen molar-refractivity contribution in [2.75, 3.05) is 4.90 Å². The number of amides is 1. The van der Waals surface area contributed by atoms with Gasteiger partial charge in [0, 0.05) is 22.0 Å². The van der Waals surface area contributed by atoms with E-state index in [9.17, 15) is 33.0 Å². The summed E-state index contributed by atoms with van der Waals surface area (Å²) in [6.07, 6.45) is -2.07. The lowest BCUT2D eigenvalue weighted by Gasteiger charge is -2.23. The lowest BCUT2D eigenvalue weighted by molar-refractivity contribution is -0.138. The van der Waals surface area contributed by atoms with Crippen LogP contribution in [0.2, 0.25) is 0 Å². The fraction of sp³-hybridized carbons (Fsp3) is 0.308. The predicted molar refractivity (Wildman–Crippen MR) is 125 cm³/mol. The number of hydrogen-bond donors (Lipinski definition) is 2. The number of aliphatic hydroxyl groups is 1. The molecule has 1 heterocycles. The highest BCUT2D eigenvalue weighted by atomic mass is 19.3. The van der Waals surface area contributed by atoms with Crippen molar-refractivity contribution in [1.29, 1.82) is 0 Å². The Hall–Kier alpha value is -3.79. The van der Waals surface area contributed by atoms with Crippen molar-refractivity contribution in [1.82, 2.24) is 0 Å². The SMILES string of the molecule is CCC(C(=O)O)c1ccc(N2C(=O)c3c(c(OC(F)F)c4ccccc4c3OC(C)C)C2O)cc1F. The van der Waals surface area contributed by atoms with E-state index >= 15 is 0 Å². The Morgan fingerprint density at radius 1 is 1.08 bits per heavy atom. The Labute approximate surface area is 204 Å². The van der Waals surface area contributed by atoms with Crippen LogP contribution >= 0.6 is 0 Å². The van der Waals surface area contributed by atoms with E-state index in [4.69, 9.17) is 9.47 Å². The molecular weight excluding hydrogens is 479 g/mol. The van der Waals surface area contributed by atoms with Crippen molar-refractivity contribution < 1.29 is 42.4 Å². The van der Waals surface area contributed by atoms with E-state index in [-0.39, 0.29) is 45.7 Å².